The van der Waals surface area contributed by atoms with Crippen molar-refractivity contribution in [2.45, 2.75) is 27.7 Å². The maximum Gasteiger partial charge on any atom is 0.271 e. The topological polar surface area (TPSA) is 72.6 Å². The maximum atomic E-state index is 12.5. The second-order valence-electron chi connectivity index (χ2n) is 6.15. The van der Waals surface area contributed by atoms with Gasteiger partial charge >= 0.3 is 0 Å². The zero-order valence-corrected chi connectivity index (χ0v) is 13.7. The molecule has 120 valence electrons. The van der Waals surface area contributed by atoms with Crippen LogP contribution in [-0.2, 0) is 4.79 Å². The number of carbonyl (C=O) groups excluding carboxylic acids is 1. The molecule has 0 bridgehead atoms. The summed E-state index contributed by atoms with van der Waals surface area (Å²) < 4.78 is 0. The summed E-state index contributed by atoms with van der Waals surface area (Å²) in [5.74, 6) is 0.258. The van der Waals surface area contributed by atoms with Crippen molar-refractivity contribution < 1.29 is 9.72 Å². The van der Waals surface area contributed by atoms with Gasteiger partial charge in [-0.15, -0.1) is 0 Å². The van der Waals surface area contributed by atoms with E-state index in [9.17, 15) is 14.9 Å². The lowest BCUT2D eigenvalue weighted by Crippen LogP contribution is -2.20. The van der Waals surface area contributed by atoms with Crippen LogP contribution in [-0.4, -0.2) is 16.4 Å². The molecule has 0 amide bonds. The van der Waals surface area contributed by atoms with Crippen LogP contribution in [0.15, 0.2) is 52.6 Å². The van der Waals surface area contributed by atoms with Gasteiger partial charge in [-0.05, 0) is 30.1 Å². The van der Waals surface area contributed by atoms with Crippen LogP contribution in [0, 0.1) is 22.0 Å². The fourth-order valence-corrected chi connectivity index (χ4v) is 2.41. The number of hydrogen-bond acceptors (Lipinski definition) is 4. The van der Waals surface area contributed by atoms with Gasteiger partial charge in [-0.25, -0.2) is 4.99 Å². The SMILES string of the molecule is CC(C)C1=CC(=Nc2cccc([N+](=O)[O-])c2)C=C(C(C)C)C1=O. The number of benzene rings is 1. The Morgan fingerprint density at radius 3 is 2.09 bits per heavy atom. The van der Waals surface area contributed by atoms with Crippen molar-refractivity contribution in [1.29, 1.82) is 0 Å². The normalized spacial score (nSPS) is 14.9. The van der Waals surface area contributed by atoms with Crippen LogP contribution in [0.3, 0.4) is 0 Å². The number of non-ortho nitro benzene ring substituents is 1. The Morgan fingerprint density at radius 2 is 1.61 bits per heavy atom. The number of nitro groups is 1. The first-order chi connectivity index (χ1) is 10.8. The number of aliphatic imine (C=N–C) groups is 1. The standard InChI is InChI=1S/C18H20N2O3/c1-11(2)16-9-14(10-17(12(3)4)18(16)21)19-13-6-5-7-15(8-13)20(22)23/h5-12H,1-4H3. The first kappa shape index (κ1) is 16.8. The zero-order chi connectivity index (χ0) is 17.1. The molecule has 0 aromatic heterocycles. The maximum absolute atomic E-state index is 12.5. The highest BCUT2D eigenvalue weighted by molar-refractivity contribution is 6.22. The van der Waals surface area contributed by atoms with Crippen molar-refractivity contribution in [3.05, 3.63) is 57.7 Å². The third kappa shape index (κ3) is 3.80. The van der Waals surface area contributed by atoms with E-state index in [1.54, 1.807) is 24.3 Å². The van der Waals surface area contributed by atoms with E-state index in [-0.39, 0.29) is 23.3 Å². The van der Waals surface area contributed by atoms with E-state index in [0.717, 1.165) is 11.1 Å². The smallest absolute Gasteiger partial charge is 0.271 e. The Hall–Kier alpha value is -2.56. The number of hydrogen-bond donors (Lipinski definition) is 0. The molecule has 0 saturated heterocycles. The van der Waals surface area contributed by atoms with Gasteiger partial charge in [0.1, 0.15) is 0 Å². The first-order valence-electron chi connectivity index (χ1n) is 7.60. The molecule has 5 nitrogen and oxygen atoms in total. The third-order valence-electron chi connectivity index (χ3n) is 3.67. The minimum atomic E-state index is -0.446. The first-order valence-corrected chi connectivity index (χ1v) is 7.60. The fraction of sp³-hybridized carbons (Fsp3) is 0.333. The van der Waals surface area contributed by atoms with Gasteiger partial charge in [0.25, 0.3) is 5.69 Å². The Morgan fingerprint density at radius 1 is 1.04 bits per heavy atom. The largest absolute Gasteiger partial charge is 0.289 e. The van der Waals surface area contributed by atoms with Crippen LogP contribution in [0.1, 0.15) is 27.7 Å². The lowest BCUT2D eigenvalue weighted by Gasteiger charge is -2.20. The summed E-state index contributed by atoms with van der Waals surface area (Å²) in [6.45, 7) is 7.88. The number of nitrogens with zero attached hydrogens (tertiary/aromatic N) is 2. The molecule has 1 aromatic carbocycles. The van der Waals surface area contributed by atoms with Gasteiger partial charge in [0.05, 0.1) is 16.3 Å². The van der Waals surface area contributed by atoms with E-state index in [0.29, 0.717) is 11.4 Å². The van der Waals surface area contributed by atoms with Crippen molar-refractivity contribution in [3.63, 3.8) is 0 Å². The molecule has 0 saturated carbocycles. The highest BCUT2D eigenvalue weighted by Gasteiger charge is 2.24. The molecule has 5 heteroatoms. The van der Waals surface area contributed by atoms with Gasteiger partial charge in [-0.2, -0.15) is 0 Å². The predicted molar refractivity (Wildman–Crippen MR) is 91.0 cm³/mol. The number of ketones is 1. The van der Waals surface area contributed by atoms with Crippen LogP contribution in [0.25, 0.3) is 0 Å². The number of rotatable bonds is 4. The van der Waals surface area contributed by atoms with Crippen LogP contribution < -0.4 is 0 Å². The second-order valence-corrected chi connectivity index (χ2v) is 6.15. The molecule has 1 aliphatic carbocycles. The molecular weight excluding hydrogens is 292 g/mol. The van der Waals surface area contributed by atoms with Crippen LogP contribution in [0.4, 0.5) is 11.4 Å². The summed E-state index contributed by atoms with van der Waals surface area (Å²) in [5, 5.41) is 10.9. The minimum absolute atomic E-state index is 0.000129. The van der Waals surface area contributed by atoms with Crippen molar-refractivity contribution in [2.75, 3.05) is 0 Å². The molecule has 2 rings (SSSR count). The van der Waals surface area contributed by atoms with E-state index >= 15 is 0 Å². The van der Waals surface area contributed by atoms with E-state index in [1.807, 2.05) is 27.7 Å². The molecule has 23 heavy (non-hydrogen) atoms. The monoisotopic (exact) mass is 312 g/mol. The van der Waals surface area contributed by atoms with E-state index in [2.05, 4.69) is 4.99 Å². The molecule has 0 N–H and O–H groups in total. The summed E-state index contributed by atoms with van der Waals surface area (Å²) in [6.07, 6.45) is 3.55. The number of allylic oxidation sites excluding steroid dienone is 4. The summed E-state index contributed by atoms with van der Waals surface area (Å²) in [4.78, 5) is 27.4. The molecule has 1 aliphatic rings. The zero-order valence-electron chi connectivity index (χ0n) is 13.7. The molecule has 0 spiro atoms. The fourth-order valence-electron chi connectivity index (χ4n) is 2.41. The van der Waals surface area contributed by atoms with Gasteiger partial charge < -0.3 is 0 Å². The number of Topliss-reactive ketones (excluding diaryl/α,β-unsaturated/α-hetero) is 1. The molecule has 0 unspecified atom stereocenters. The molecule has 1 aromatic rings. The summed E-state index contributed by atoms with van der Waals surface area (Å²) in [6, 6.07) is 6.17. The Bertz CT molecular complexity index is 710. The molecular formula is C18H20N2O3. The van der Waals surface area contributed by atoms with E-state index in [4.69, 9.17) is 0 Å². The van der Waals surface area contributed by atoms with Gasteiger partial charge in [-0.1, -0.05) is 33.8 Å². The molecule has 0 aliphatic heterocycles. The Kier molecular flexibility index (Phi) is 4.89. The lowest BCUT2D eigenvalue weighted by atomic mass is 9.84. The van der Waals surface area contributed by atoms with Gasteiger partial charge in [0.2, 0.25) is 0 Å². The van der Waals surface area contributed by atoms with Crippen LogP contribution in [0.2, 0.25) is 0 Å². The lowest BCUT2D eigenvalue weighted by molar-refractivity contribution is -0.384. The van der Waals surface area contributed by atoms with Gasteiger partial charge in [0, 0.05) is 23.3 Å². The van der Waals surface area contributed by atoms with Crippen LogP contribution >= 0.6 is 0 Å². The average Bonchev–Trinajstić information content (AvgIpc) is 2.48. The molecule has 0 atom stereocenters. The summed E-state index contributed by atoms with van der Waals surface area (Å²) >= 11 is 0. The minimum Gasteiger partial charge on any atom is -0.289 e. The quantitative estimate of drug-likeness (QED) is 0.469. The number of nitro benzene ring substituents is 1. The molecule has 0 heterocycles. The Balaban J connectivity index is 2.49. The predicted octanol–water partition coefficient (Wildman–Crippen LogP) is 4.41. The van der Waals surface area contributed by atoms with E-state index < -0.39 is 4.92 Å². The number of carbonyl (C=O) groups is 1. The van der Waals surface area contributed by atoms with Gasteiger partial charge in [0.15, 0.2) is 5.78 Å². The summed E-state index contributed by atoms with van der Waals surface area (Å²) in [7, 11) is 0. The molecule has 0 radical (unpaired) electrons. The van der Waals surface area contributed by atoms with Crippen molar-refractivity contribution in [3.8, 4) is 0 Å². The van der Waals surface area contributed by atoms with Crippen molar-refractivity contribution in [1.82, 2.24) is 0 Å². The molecule has 0 fully saturated rings. The van der Waals surface area contributed by atoms with Gasteiger partial charge in [-0.3, -0.25) is 14.9 Å². The Labute approximate surface area is 135 Å². The summed E-state index contributed by atoms with van der Waals surface area (Å²) in [5.41, 5.74) is 2.60. The highest BCUT2D eigenvalue weighted by atomic mass is 16.6. The van der Waals surface area contributed by atoms with Crippen molar-refractivity contribution >= 4 is 22.9 Å². The average molecular weight is 312 g/mol. The van der Waals surface area contributed by atoms with Crippen molar-refractivity contribution in [2.24, 2.45) is 16.8 Å². The second kappa shape index (κ2) is 6.69. The highest BCUT2D eigenvalue weighted by Crippen LogP contribution is 2.27. The third-order valence-corrected chi connectivity index (χ3v) is 3.67. The van der Waals surface area contributed by atoms with E-state index in [1.165, 1.54) is 12.1 Å². The van der Waals surface area contributed by atoms with Crippen LogP contribution in [0.5, 0.6) is 0 Å².